The van der Waals surface area contributed by atoms with Gasteiger partial charge in [-0.15, -0.1) is 10.2 Å². The Morgan fingerprint density at radius 1 is 1.53 bits per heavy atom. The van der Waals surface area contributed by atoms with Crippen molar-refractivity contribution in [3.63, 3.8) is 0 Å². The highest BCUT2D eigenvalue weighted by atomic mass is 16.5. The molecule has 0 radical (unpaired) electrons. The number of nitrogens with zero attached hydrogens (tertiary/aromatic N) is 4. The van der Waals surface area contributed by atoms with Gasteiger partial charge in [-0.3, -0.25) is 0 Å². The van der Waals surface area contributed by atoms with Crippen LogP contribution >= 0.6 is 0 Å². The first-order valence-corrected chi connectivity index (χ1v) is 5.09. The molecule has 0 amide bonds. The average molecular weight is 214 g/mol. The molecule has 0 saturated carbocycles. The van der Waals surface area contributed by atoms with Crippen molar-refractivity contribution in [2.24, 2.45) is 7.05 Å². The fourth-order valence-corrected chi connectivity index (χ4v) is 1.66. The molecule has 1 aliphatic rings. The summed E-state index contributed by atoms with van der Waals surface area (Å²) in [4.78, 5) is 2.67. The number of aryl methyl sites for hydroxylation is 1. The summed E-state index contributed by atoms with van der Waals surface area (Å²) in [5.74, 6) is 0.400. The lowest BCUT2D eigenvalue weighted by molar-refractivity contribution is -0.911. The van der Waals surface area contributed by atoms with Crippen LogP contribution in [0.4, 0.5) is 0 Å². The van der Waals surface area contributed by atoms with Gasteiger partial charge < -0.3 is 14.7 Å². The van der Waals surface area contributed by atoms with E-state index in [4.69, 9.17) is 4.74 Å². The molecule has 7 heteroatoms. The van der Waals surface area contributed by atoms with E-state index in [2.05, 4.69) is 15.4 Å². The highest BCUT2D eigenvalue weighted by Gasteiger charge is 2.22. The minimum absolute atomic E-state index is 0.400. The van der Waals surface area contributed by atoms with E-state index in [0.717, 1.165) is 26.3 Å². The van der Waals surface area contributed by atoms with Gasteiger partial charge in [0.1, 0.15) is 19.6 Å². The van der Waals surface area contributed by atoms with E-state index in [1.807, 2.05) is 0 Å². The maximum Gasteiger partial charge on any atom is 0.208 e. The monoisotopic (exact) mass is 214 g/mol. The van der Waals surface area contributed by atoms with E-state index < -0.39 is 6.10 Å². The van der Waals surface area contributed by atoms with Crippen molar-refractivity contribution in [2.45, 2.75) is 6.10 Å². The Balaban J connectivity index is 1.88. The summed E-state index contributed by atoms with van der Waals surface area (Å²) < 4.78 is 5.24. The molecular formula is C8H16N5O2+. The van der Waals surface area contributed by atoms with Crippen LogP contribution in [0.3, 0.4) is 0 Å². The molecule has 1 aromatic heterocycles. The topological polar surface area (TPSA) is 77.5 Å². The minimum atomic E-state index is -0.633. The molecule has 15 heavy (non-hydrogen) atoms. The molecule has 1 aliphatic heterocycles. The summed E-state index contributed by atoms with van der Waals surface area (Å²) in [7, 11) is 1.69. The van der Waals surface area contributed by atoms with Crippen LogP contribution < -0.4 is 4.90 Å². The number of ether oxygens (including phenoxy) is 1. The zero-order valence-electron chi connectivity index (χ0n) is 8.76. The third-order valence-electron chi connectivity index (χ3n) is 2.50. The molecule has 1 atom stereocenters. The van der Waals surface area contributed by atoms with Crippen molar-refractivity contribution in [3.05, 3.63) is 5.82 Å². The lowest BCUT2D eigenvalue weighted by Gasteiger charge is -2.24. The summed E-state index contributed by atoms with van der Waals surface area (Å²) in [5, 5.41) is 21.3. The van der Waals surface area contributed by atoms with E-state index in [1.54, 1.807) is 7.05 Å². The normalized spacial score (nSPS) is 20.4. The van der Waals surface area contributed by atoms with Gasteiger partial charge in [0.25, 0.3) is 0 Å². The van der Waals surface area contributed by atoms with Gasteiger partial charge in [-0.05, 0) is 5.21 Å². The molecule has 2 N–H and O–H groups in total. The molecule has 0 aromatic carbocycles. The van der Waals surface area contributed by atoms with E-state index in [1.165, 1.54) is 9.70 Å². The van der Waals surface area contributed by atoms with Gasteiger partial charge >= 0.3 is 0 Å². The third-order valence-corrected chi connectivity index (χ3v) is 2.50. The number of rotatable bonds is 3. The molecule has 1 aromatic rings. The van der Waals surface area contributed by atoms with Crippen molar-refractivity contribution in [1.82, 2.24) is 20.2 Å². The minimum Gasteiger partial charge on any atom is -0.379 e. The van der Waals surface area contributed by atoms with E-state index in [9.17, 15) is 5.11 Å². The molecule has 84 valence electrons. The summed E-state index contributed by atoms with van der Waals surface area (Å²) in [5.41, 5.74) is 0. The lowest BCUT2D eigenvalue weighted by atomic mass is 10.3. The largest absolute Gasteiger partial charge is 0.379 e. The second-order valence-electron chi connectivity index (χ2n) is 3.72. The van der Waals surface area contributed by atoms with Crippen LogP contribution in [0, 0.1) is 0 Å². The quantitative estimate of drug-likeness (QED) is 0.566. The van der Waals surface area contributed by atoms with Gasteiger partial charge in [0.2, 0.25) is 5.82 Å². The Bertz CT molecular complexity index is 310. The Kier molecular flexibility index (Phi) is 3.24. The molecule has 0 spiro atoms. The molecular weight excluding hydrogens is 198 g/mol. The molecule has 0 bridgehead atoms. The molecule has 2 rings (SSSR count). The van der Waals surface area contributed by atoms with Crippen molar-refractivity contribution in [2.75, 3.05) is 32.8 Å². The first kappa shape index (κ1) is 10.5. The number of aromatic nitrogens is 4. The van der Waals surface area contributed by atoms with Crippen LogP contribution in [-0.4, -0.2) is 58.2 Å². The molecule has 1 fully saturated rings. The van der Waals surface area contributed by atoms with Crippen LogP contribution in [0.25, 0.3) is 0 Å². The highest BCUT2D eigenvalue weighted by molar-refractivity contribution is 4.82. The number of tetrazole rings is 1. The first-order valence-electron chi connectivity index (χ1n) is 5.09. The molecule has 7 nitrogen and oxygen atoms in total. The second-order valence-corrected chi connectivity index (χ2v) is 3.72. The molecule has 1 saturated heterocycles. The third kappa shape index (κ3) is 2.71. The number of aliphatic hydroxyl groups excluding tert-OH is 1. The first-order chi connectivity index (χ1) is 7.25. The van der Waals surface area contributed by atoms with Crippen LogP contribution in [0.5, 0.6) is 0 Å². The van der Waals surface area contributed by atoms with E-state index in [-0.39, 0.29) is 0 Å². The smallest absolute Gasteiger partial charge is 0.208 e. The molecule has 2 heterocycles. The summed E-state index contributed by atoms with van der Waals surface area (Å²) in [6, 6.07) is 0. The van der Waals surface area contributed by atoms with Crippen LogP contribution in [0.2, 0.25) is 0 Å². The maximum absolute atomic E-state index is 9.85. The van der Waals surface area contributed by atoms with Crippen molar-refractivity contribution in [1.29, 1.82) is 0 Å². The van der Waals surface area contributed by atoms with Crippen LogP contribution in [0.1, 0.15) is 11.9 Å². The van der Waals surface area contributed by atoms with Gasteiger partial charge in [-0.1, -0.05) is 0 Å². The fourth-order valence-electron chi connectivity index (χ4n) is 1.66. The number of nitrogens with one attached hydrogen (secondary N) is 1. The highest BCUT2D eigenvalue weighted by Crippen LogP contribution is 2.01. The zero-order chi connectivity index (χ0) is 10.7. The molecule has 0 unspecified atom stereocenters. The number of hydrogen-bond donors (Lipinski definition) is 2. The van der Waals surface area contributed by atoms with Gasteiger partial charge in [-0.25, -0.2) is 0 Å². The Morgan fingerprint density at radius 2 is 2.27 bits per heavy atom. The van der Waals surface area contributed by atoms with Crippen LogP contribution in [0.15, 0.2) is 0 Å². The standard InChI is InChI=1S/C8H15N5O2/c1-12-10-8(9-11-12)7(14)6-13-2-4-15-5-3-13/h7,14H,2-6H2,1H3/p+1/t7-/m1/s1. The van der Waals surface area contributed by atoms with Gasteiger partial charge in [0, 0.05) is 0 Å². The van der Waals surface area contributed by atoms with E-state index >= 15 is 0 Å². The van der Waals surface area contributed by atoms with Crippen molar-refractivity contribution in [3.8, 4) is 0 Å². The Labute approximate surface area is 87.6 Å². The van der Waals surface area contributed by atoms with Gasteiger partial charge in [0.05, 0.1) is 20.3 Å². The van der Waals surface area contributed by atoms with Crippen LogP contribution in [-0.2, 0) is 11.8 Å². The van der Waals surface area contributed by atoms with Crippen molar-refractivity contribution < 1.29 is 14.7 Å². The summed E-state index contributed by atoms with van der Waals surface area (Å²) >= 11 is 0. The zero-order valence-corrected chi connectivity index (χ0v) is 8.76. The predicted molar refractivity (Wildman–Crippen MR) is 50.1 cm³/mol. The lowest BCUT2D eigenvalue weighted by Crippen LogP contribution is -3.14. The Hall–Kier alpha value is -1.05. The maximum atomic E-state index is 9.85. The number of quaternary nitrogens is 1. The van der Waals surface area contributed by atoms with Gasteiger partial charge in [-0.2, -0.15) is 4.80 Å². The van der Waals surface area contributed by atoms with Crippen molar-refractivity contribution >= 4 is 0 Å². The predicted octanol–water partition coefficient (Wildman–Crippen LogP) is -2.84. The summed E-state index contributed by atoms with van der Waals surface area (Å²) in [6.45, 7) is 4.00. The second kappa shape index (κ2) is 4.65. The Morgan fingerprint density at radius 3 is 2.87 bits per heavy atom. The number of aliphatic hydroxyl groups is 1. The SMILES string of the molecule is Cn1nnc([C@H](O)C[NH+]2CCOCC2)n1. The fraction of sp³-hybridized carbons (Fsp3) is 0.875. The molecule has 0 aliphatic carbocycles. The van der Waals surface area contributed by atoms with Gasteiger partial charge in [0.15, 0.2) is 6.10 Å². The van der Waals surface area contributed by atoms with E-state index in [0.29, 0.717) is 12.4 Å². The summed E-state index contributed by atoms with van der Waals surface area (Å²) in [6.07, 6.45) is -0.633. The number of hydrogen-bond acceptors (Lipinski definition) is 5. The number of morpholine rings is 1. The average Bonchev–Trinajstić information content (AvgIpc) is 2.66.